The molecule has 1 aliphatic carbocycles. The number of rotatable bonds is 3. The van der Waals surface area contributed by atoms with E-state index < -0.39 is 11.2 Å². The first-order chi connectivity index (χ1) is 9.04. The summed E-state index contributed by atoms with van der Waals surface area (Å²) in [6, 6.07) is 1.25. The zero-order chi connectivity index (χ0) is 13.8. The van der Waals surface area contributed by atoms with Crippen LogP contribution in [0.3, 0.4) is 0 Å². The molecule has 1 amide bonds. The molecular formula is C12H17N3O4. The summed E-state index contributed by atoms with van der Waals surface area (Å²) in [5.41, 5.74) is -1.08. The highest BCUT2D eigenvalue weighted by molar-refractivity contribution is 5.76. The maximum absolute atomic E-state index is 11.8. The van der Waals surface area contributed by atoms with Crippen LogP contribution in [0.25, 0.3) is 0 Å². The molecule has 2 rings (SSSR count). The molecule has 0 unspecified atom stereocenters. The summed E-state index contributed by atoms with van der Waals surface area (Å²) in [6.07, 6.45) is 3.88. The van der Waals surface area contributed by atoms with E-state index in [1.54, 1.807) is 0 Å². The second kappa shape index (κ2) is 5.83. The quantitative estimate of drug-likeness (QED) is 0.650. The van der Waals surface area contributed by atoms with E-state index in [4.69, 9.17) is 0 Å². The number of hydrogen-bond donors (Lipinski definition) is 3. The first-order valence-electron chi connectivity index (χ1n) is 6.32. The molecule has 19 heavy (non-hydrogen) atoms. The molecule has 0 aromatic carbocycles. The number of aromatic amines is 1. The maximum atomic E-state index is 11.8. The Morgan fingerprint density at radius 1 is 1.37 bits per heavy atom. The second-order valence-corrected chi connectivity index (χ2v) is 4.81. The highest BCUT2D eigenvalue weighted by Gasteiger charge is 2.20. The smallest absolute Gasteiger partial charge is 0.328 e. The molecule has 1 fully saturated rings. The van der Waals surface area contributed by atoms with Gasteiger partial charge in [0.1, 0.15) is 6.54 Å². The van der Waals surface area contributed by atoms with Crippen molar-refractivity contribution < 1.29 is 9.90 Å². The van der Waals surface area contributed by atoms with Gasteiger partial charge in [-0.1, -0.05) is 0 Å². The minimum Gasteiger partial charge on any atom is -0.393 e. The average Bonchev–Trinajstić information content (AvgIpc) is 2.36. The molecule has 1 saturated carbocycles. The van der Waals surface area contributed by atoms with Crippen molar-refractivity contribution in [2.45, 2.75) is 44.4 Å². The number of hydrogen-bond acceptors (Lipinski definition) is 4. The minimum atomic E-state index is -0.596. The highest BCUT2D eigenvalue weighted by Crippen LogP contribution is 2.18. The van der Waals surface area contributed by atoms with Gasteiger partial charge in [-0.3, -0.25) is 19.1 Å². The zero-order valence-corrected chi connectivity index (χ0v) is 10.5. The van der Waals surface area contributed by atoms with Gasteiger partial charge in [0.05, 0.1) is 6.10 Å². The number of nitrogens with zero attached hydrogens (tertiary/aromatic N) is 1. The molecule has 1 aliphatic rings. The lowest BCUT2D eigenvalue weighted by Gasteiger charge is -2.26. The zero-order valence-electron chi connectivity index (χ0n) is 10.5. The third-order valence-corrected chi connectivity index (χ3v) is 3.27. The molecule has 0 atom stereocenters. The van der Waals surface area contributed by atoms with Crippen molar-refractivity contribution >= 4 is 5.91 Å². The van der Waals surface area contributed by atoms with Gasteiger partial charge in [0.25, 0.3) is 5.56 Å². The van der Waals surface area contributed by atoms with Gasteiger partial charge in [-0.25, -0.2) is 4.79 Å². The molecule has 0 radical (unpaired) electrons. The van der Waals surface area contributed by atoms with Crippen molar-refractivity contribution in [3.63, 3.8) is 0 Å². The van der Waals surface area contributed by atoms with Crippen molar-refractivity contribution in [3.8, 4) is 0 Å². The predicted molar refractivity (Wildman–Crippen MR) is 67.7 cm³/mol. The van der Waals surface area contributed by atoms with Crippen molar-refractivity contribution in [2.24, 2.45) is 0 Å². The Balaban J connectivity index is 1.91. The summed E-state index contributed by atoms with van der Waals surface area (Å²) < 4.78 is 1.15. The fourth-order valence-corrected chi connectivity index (χ4v) is 2.22. The van der Waals surface area contributed by atoms with Crippen molar-refractivity contribution in [1.82, 2.24) is 14.9 Å². The topological polar surface area (TPSA) is 104 Å². The molecule has 0 aliphatic heterocycles. The van der Waals surface area contributed by atoms with E-state index in [9.17, 15) is 19.5 Å². The predicted octanol–water partition coefficient (Wildman–Crippen LogP) is -1.04. The van der Waals surface area contributed by atoms with E-state index in [0.29, 0.717) is 12.8 Å². The summed E-state index contributed by atoms with van der Waals surface area (Å²) in [5.74, 6) is -0.268. The van der Waals surface area contributed by atoms with E-state index in [1.807, 2.05) is 0 Å². The largest absolute Gasteiger partial charge is 0.393 e. The van der Waals surface area contributed by atoms with Gasteiger partial charge < -0.3 is 10.4 Å². The fourth-order valence-electron chi connectivity index (χ4n) is 2.22. The Morgan fingerprint density at radius 2 is 2.05 bits per heavy atom. The molecule has 3 N–H and O–H groups in total. The Morgan fingerprint density at radius 3 is 2.68 bits per heavy atom. The summed E-state index contributed by atoms with van der Waals surface area (Å²) in [6.45, 7) is -0.116. The van der Waals surface area contributed by atoms with Gasteiger partial charge in [-0.15, -0.1) is 0 Å². The van der Waals surface area contributed by atoms with E-state index in [0.717, 1.165) is 17.4 Å². The third kappa shape index (κ3) is 3.78. The molecule has 1 aromatic rings. The lowest BCUT2D eigenvalue weighted by molar-refractivity contribution is -0.122. The van der Waals surface area contributed by atoms with Crippen LogP contribution in [0.1, 0.15) is 25.7 Å². The first kappa shape index (κ1) is 13.5. The summed E-state index contributed by atoms with van der Waals surface area (Å²) >= 11 is 0. The number of aromatic nitrogens is 2. The Labute approximate surface area is 109 Å². The molecule has 7 heteroatoms. The average molecular weight is 267 g/mol. The van der Waals surface area contributed by atoms with Crippen LogP contribution in [0, 0.1) is 0 Å². The summed E-state index contributed by atoms with van der Waals surface area (Å²) in [4.78, 5) is 36.2. The summed E-state index contributed by atoms with van der Waals surface area (Å²) in [7, 11) is 0. The number of aliphatic hydroxyl groups is 1. The van der Waals surface area contributed by atoms with Crippen LogP contribution in [0.5, 0.6) is 0 Å². The minimum absolute atomic E-state index is 0.0503. The number of H-pyrrole nitrogens is 1. The number of carbonyl (C=O) groups excluding carboxylic acids is 1. The van der Waals surface area contributed by atoms with Gasteiger partial charge in [-0.05, 0) is 25.7 Å². The summed E-state index contributed by atoms with van der Waals surface area (Å²) in [5, 5.41) is 12.2. The van der Waals surface area contributed by atoms with Gasteiger partial charge in [-0.2, -0.15) is 0 Å². The number of nitrogens with one attached hydrogen (secondary N) is 2. The molecule has 7 nitrogen and oxygen atoms in total. The van der Waals surface area contributed by atoms with E-state index >= 15 is 0 Å². The molecule has 1 heterocycles. The highest BCUT2D eigenvalue weighted by atomic mass is 16.3. The molecular weight excluding hydrogens is 250 g/mol. The van der Waals surface area contributed by atoms with Crippen LogP contribution in [0.4, 0.5) is 0 Å². The Kier molecular flexibility index (Phi) is 4.16. The van der Waals surface area contributed by atoms with Crippen LogP contribution in [0.15, 0.2) is 21.9 Å². The van der Waals surface area contributed by atoms with Crippen LogP contribution >= 0.6 is 0 Å². The standard InChI is InChI=1S/C12H17N3O4/c16-9-3-1-8(2-4-9)13-11(18)7-15-6-5-10(17)14-12(15)19/h5-6,8-9,16H,1-4,7H2,(H,13,18)(H,14,17,19). The van der Waals surface area contributed by atoms with E-state index in [2.05, 4.69) is 10.3 Å². The normalized spacial score (nSPS) is 23.0. The van der Waals surface area contributed by atoms with Gasteiger partial charge in [0.15, 0.2) is 0 Å². The van der Waals surface area contributed by atoms with Crippen LogP contribution in [-0.4, -0.2) is 32.7 Å². The monoisotopic (exact) mass is 267 g/mol. The first-order valence-corrected chi connectivity index (χ1v) is 6.32. The lowest BCUT2D eigenvalue weighted by Crippen LogP contribution is -2.42. The molecule has 1 aromatic heterocycles. The SMILES string of the molecule is O=C(Cn1ccc(=O)[nH]c1=O)NC1CCC(O)CC1. The van der Waals surface area contributed by atoms with Crippen molar-refractivity contribution in [1.29, 1.82) is 0 Å². The number of aliphatic hydroxyl groups excluding tert-OH is 1. The van der Waals surface area contributed by atoms with Crippen molar-refractivity contribution in [2.75, 3.05) is 0 Å². The lowest BCUT2D eigenvalue weighted by atomic mass is 9.93. The van der Waals surface area contributed by atoms with Crippen LogP contribution in [0.2, 0.25) is 0 Å². The van der Waals surface area contributed by atoms with E-state index in [1.165, 1.54) is 12.3 Å². The third-order valence-electron chi connectivity index (χ3n) is 3.27. The fraction of sp³-hybridized carbons (Fsp3) is 0.583. The Hall–Kier alpha value is -1.89. The number of carbonyl (C=O) groups is 1. The van der Waals surface area contributed by atoms with E-state index in [-0.39, 0.29) is 24.6 Å². The van der Waals surface area contributed by atoms with Gasteiger partial charge >= 0.3 is 5.69 Å². The molecule has 104 valence electrons. The molecule has 0 spiro atoms. The second-order valence-electron chi connectivity index (χ2n) is 4.81. The molecule has 0 saturated heterocycles. The van der Waals surface area contributed by atoms with Crippen LogP contribution in [-0.2, 0) is 11.3 Å². The van der Waals surface area contributed by atoms with Gasteiger partial charge in [0, 0.05) is 18.3 Å². The van der Waals surface area contributed by atoms with Crippen molar-refractivity contribution in [3.05, 3.63) is 33.1 Å². The maximum Gasteiger partial charge on any atom is 0.328 e. The Bertz CT molecular complexity index is 555. The van der Waals surface area contributed by atoms with Crippen LogP contribution < -0.4 is 16.6 Å². The molecule has 0 bridgehead atoms. The number of amides is 1. The van der Waals surface area contributed by atoms with Gasteiger partial charge in [0.2, 0.25) is 5.91 Å².